The summed E-state index contributed by atoms with van der Waals surface area (Å²) in [5.41, 5.74) is 2.09. The first-order valence-electron chi connectivity index (χ1n) is 25.9. The summed E-state index contributed by atoms with van der Waals surface area (Å²) in [4.78, 5) is 93.4. The number of imide groups is 1. The van der Waals surface area contributed by atoms with E-state index in [-0.39, 0.29) is 44.1 Å². The molecular weight excluding hydrogens is 993 g/mol. The molecule has 0 unspecified atom stereocenters. The lowest BCUT2D eigenvalue weighted by Crippen LogP contribution is -2.60. The van der Waals surface area contributed by atoms with Crippen LogP contribution in [0.5, 0.6) is 5.75 Å². The highest BCUT2D eigenvalue weighted by Gasteiger charge is 2.76. The minimum absolute atomic E-state index is 0.0116. The minimum Gasteiger partial charge on any atom is -0.491 e. The number of cyclic esters (lactones) is 1. The maximum atomic E-state index is 17.0. The van der Waals surface area contributed by atoms with E-state index in [1.54, 1.807) is 84.4 Å². The van der Waals surface area contributed by atoms with Gasteiger partial charge >= 0.3 is 18.0 Å². The Balaban J connectivity index is 1.16. The monoisotopic (exact) mass is 1050 g/mol. The lowest BCUT2D eigenvalue weighted by atomic mass is 9.64. The van der Waals surface area contributed by atoms with Crippen molar-refractivity contribution in [2.75, 3.05) is 56.3 Å². The Morgan fingerprint density at radius 1 is 0.821 bits per heavy atom. The molecule has 19 nitrogen and oxygen atoms in total. The Bertz CT molecular complexity index is 3440. The third kappa shape index (κ3) is 9.01. The van der Waals surface area contributed by atoms with E-state index in [1.165, 1.54) is 7.11 Å². The standard InChI is InChI=1S/C59H56N10O9/c1-37(2)48(54(72)76-3)62-58(75)68-45-26-21-38(14-12-29-67-46-20-11-10-19-44(46)63-64-67)36-43(45)59(56(68)74)47(53(71)65-30-32-66(33-31-65)57-60-27-13-28-61-57)50-55(73)78-51(40-17-8-5-9-18-40)49(39-15-6-4-7-16-39)69(50)52(59)41-22-24-42(25-23-41)77-35-34-70/h4-11,13,15-28,36-37,47-52,70H,29-35H2,1-3H3,(H,62,75)/t47-,48-,49-,50-,51+,52+,59-/m0/s1. The van der Waals surface area contributed by atoms with Crippen molar-refractivity contribution >= 4 is 52.5 Å². The fourth-order valence-electron chi connectivity index (χ4n) is 11.7. The highest BCUT2D eigenvalue weighted by Crippen LogP contribution is 2.66. The van der Waals surface area contributed by atoms with Crippen LogP contribution in [0.25, 0.3) is 11.0 Å². The first-order valence-corrected chi connectivity index (χ1v) is 25.9. The van der Waals surface area contributed by atoms with Crippen LogP contribution in [0.15, 0.2) is 146 Å². The highest BCUT2D eigenvalue weighted by molar-refractivity contribution is 6.25. The number of anilines is 2. The molecule has 3 fully saturated rings. The first-order chi connectivity index (χ1) is 38.0. The summed E-state index contributed by atoms with van der Waals surface area (Å²) >= 11 is 0. The Labute approximate surface area is 449 Å². The summed E-state index contributed by atoms with van der Waals surface area (Å²) in [5.74, 6) is 2.58. The number of aliphatic hydroxyl groups excluding tert-OH is 1. The van der Waals surface area contributed by atoms with Crippen molar-refractivity contribution in [3.05, 3.63) is 174 Å². The zero-order valence-corrected chi connectivity index (χ0v) is 43.1. The lowest BCUT2D eigenvalue weighted by Gasteiger charge is -2.46. The molecule has 4 aliphatic heterocycles. The number of fused-ring (bicyclic) bond motifs is 4. The van der Waals surface area contributed by atoms with Gasteiger partial charge in [-0.25, -0.2) is 29.1 Å². The molecule has 5 aromatic carbocycles. The fourth-order valence-corrected chi connectivity index (χ4v) is 11.7. The van der Waals surface area contributed by atoms with Crippen LogP contribution in [0.3, 0.4) is 0 Å². The van der Waals surface area contributed by atoms with E-state index in [0.717, 1.165) is 16.0 Å². The van der Waals surface area contributed by atoms with Crippen molar-refractivity contribution < 1.29 is 43.3 Å². The molecule has 0 bridgehead atoms. The number of hydrogen-bond acceptors (Lipinski definition) is 15. The van der Waals surface area contributed by atoms with Gasteiger partial charge in [0.25, 0.3) is 0 Å². The van der Waals surface area contributed by atoms with Gasteiger partial charge in [0.05, 0.1) is 42.9 Å². The molecule has 1 spiro atoms. The fraction of sp³-hybridized carbons (Fsp3) is 0.305. The van der Waals surface area contributed by atoms with Crippen molar-refractivity contribution in [2.45, 2.75) is 56.1 Å². The number of para-hydroxylation sites is 1. The molecule has 0 aliphatic carbocycles. The average Bonchev–Trinajstić information content (AvgIpc) is 3.91. The number of esters is 2. The summed E-state index contributed by atoms with van der Waals surface area (Å²) in [6.45, 7) is 4.42. The van der Waals surface area contributed by atoms with E-state index >= 15 is 19.2 Å². The molecule has 4 amide bonds. The maximum Gasteiger partial charge on any atom is 0.329 e. The number of aliphatic hydroxyl groups is 1. The van der Waals surface area contributed by atoms with E-state index in [9.17, 15) is 9.90 Å². The van der Waals surface area contributed by atoms with Crippen LogP contribution in [-0.4, -0.2) is 128 Å². The number of carbonyl (C=O) groups excluding carboxylic acids is 5. The van der Waals surface area contributed by atoms with E-state index in [4.69, 9.17) is 14.2 Å². The van der Waals surface area contributed by atoms with Gasteiger partial charge in [-0.1, -0.05) is 116 Å². The topological polar surface area (TPSA) is 215 Å². The number of urea groups is 1. The van der Waals surface area contributed by atoms with Crippen LogP contribution in [-0.2, 0) is 40.6 Å². The van der Waals surface area contributed by atoms with Crippen molar-refractivity contribution in [3.8, 4) is 17.6 Å². The Kier molecular flexibility index (Phi) is 14.1. The van der Waals surface area contributed by atoms with Crippen LogP contribution in [0.1, 0.15) is 59.9 Å². The zero-order chi connectivity index (χ0) is 54.1. The van der Waals surface area contributed by atoms with Crippen molar-refractivity contribution in [2.24, 2.45) is 11.8 Å². The van der Waals surface area contributed by atoms with Crippen LogP contribution >= 0.6 is 0 Å². The number of ether oxygens (including phenoxy) is 3. The number of nitrogens with zero attached hydrogens (tertiary/aromatic N) is 9. The van der Waals surface area contributed by atoms with Gasteiger partial charge in [0.2, 0.25) is 17.8 Å². The molecule has 11 rings (SSSR count). The summed E-state index contributed by atoms with van der Waals surface area (Å²) in [6, 6.07) is 34.5. The number of benzene rings is 5. The number of hydrogen-bond donors (Lipinski definition) is 2. The third-order valence-electron chi connectivity index (χ3n) is 15.2. The molecule has 2 aromatic heterocycles. The summed E-state index contributed by atoms with van der Waals surface area (Å²) in [6.07, 6.45) is 2.34. The van der Waals surface area contributed by atoms with E-state index in [1.807, 2.05) is 94.7 Å². The molecule has 0 saturated carbocycles. The predicted molar refractivity (Wildman–Crippen MR) is 285 cm³/mol. The SMILES string of the molecule is COC(=O)[C@@H](NC(=O)N1C(=O)[C@@]2(c3cc(C#CCn4nnc5ccccc54)ccc31)[C@H](C(=O)N1CCN(c3ncccn3)CC1)[C@H]1C(=O)O[C@H](c3ccccc3)[C@H](c3ccccc3)N1[C@@H]2c1ccc(OCCO)cc1)C(C)C. The van der Waals surface area contributed by atoms with Crippen LogP contribution in [0, 0.1) is 23.7 Å². The van der Waals surface area contributed by atoms with Crippen LogP contribution in [0.2, 0.25) is 0 Å². The number of rotatable bonds is 12. The smallest absolute Gasteiger partial charge is 0.329 e. The second-order valence-corrected chi connectivity index (χ2v) is 19.9. The second-order valence-electron chi connectivity index (χ2n) is 19.9. The molecule has 7 aromatic rings. The quantitative estimate of drug-likeness (QED) is 0.113. The third-order valence-corrected chi connectivity index (χ3v) is 15.2. The molecule has 4 aliphatic rings. The lowest BCUT2D eigenvalue weighted by molar-refractivity contribution is -0.179. The number of carbonyl (C=O) groups is 5. The van der Waals surface area contributed by atoms with Gasteiger partial charge in [0.15, 0.2) is 0 Å². The number of morpholine rings is 1. The molecular formula is C59H56N10O9. The van der Waals surface area contributed by atoms with Crippen molar-refractivity contribution in [3.63, 3.8) is 0 Å². The Morgan fingerprint density at radius 3 is 2.21 bits per heavy atom. The molecule has 3 saturated heterocycles. The highest BCUT2D eigenvalue weighted by atomic mass is 16.6. The summed E-state index contributed by atoms with van der Waals surface area (Å²) in [7, 11) is 1.22. The average molecular weight is 1050 g/mol. The van der Waals surface area contributed by atoms with Gasteiger partial charge in [-0.05, 0) is 76.7 Å². The second kappa shape index (κ2) is 21.6. The van der Waals surface area contributed by atoms with E-state index < -0.39 is 77.3 Å². The normalized spacial score (nSPS) is 22.1. The number of aromatic nitrogens is 5. The van der Waals surface area contributed by atoms with E-state index in [2.05, 4.69) is 37.4 Å². The first kappa shape index (κ1) is 51.1. The van der Waals surface area contributed by atoms with Gasteiger partial charge in [-0.3, -0.25) is 19.3 Å². The molecule has 6 heterocycles. The minimum atomic E-state index is -2.11. The summed E-state index contributed by atoms with van der Waals surface area (Å²) in [5, 5.41) is 21.1. The number of piperazine rings is 1. The molecule has 396 valence electrons. The molecule has 19 heteroatoms. The molecule has 2 N–H and O–H groups in total. The Morgan fingerprint density at radius 2 is 1.51 bits per heavy atom. The number of methoxy groups -OCH3 is 1. The Hall–Kier alpha value is -8.99. The maximum absolute atomic E-state index is 17.0. The van der Waals surface area contributed by atoms with Gasteiger partial charge in [-0.15, -0.1) is 5.10 Å². The van der Waals surface area contributed by atoms with Gasteiger partial charge in [0.1, 0.15) is 48.0 Å². The van der Waals surface area contributed by atoms with E-state index in [0.29, 0.717) is 47.0 Å². The number of nitrogens with one attached hydrogen (secondary N) is 1. The van der Waals surface area contributed by atoms with Crippen molar-refractivity contribution in [1.82, 2.24) is 40.1 Å². The van der Waals surface area contributed by atoms with Crippen molar-refractivity contribution in [1.29, 1.82) is 0 Å². The molecule has 0 radical (unpaired) electrons. The van der Waals surface area contributed by atoms with Crippen LogP contribution in [0.4, 0.5) is 16.4 Å². The molecule has 7 atom stereocenters. The zero-order valence-electron chi connectivity index (χ0n) is 43.1. The number of amides is 4. The molecule has 78 heavy (non-hydrogen) atoms. The van der Waals surface area contributed by atoms with Gasteiger partial charge in [-0.2, -0.15) is 0 Å². The van der Waals surface area contributed by atoms with Gasteiger partial charge in [0, 0.05) is 44.1 Å². The van der Waals surface area contributed by atoms with Crippen LogP contribution < -0.4 is 19.9 Å². The van der Waals surface area contributed by atoms with Gasteiger partial charge < -0.3 is 34.4 Å². The summed E-state index contributed by atoms with van der Waals surface area (Å²) < 4.78 is 19.4. The largest absolute Gasteiger partial charge is 0.491 e. The predicted octanol–water partition coefficient (Wildman–Crippen LogP) is 5.57.